The Hall–Kier alpha value is -3.06. The third-order valence-electron chi connectivity index (χ3n) is 4.50. The van der Waals surface area contributed by atoms with Crippen molar-refractivity contribution >= 4 is 33.3 Å². The minimum Gasteiger partial charge on any atom is -0.347 e. The molecule has 0 spiro atoms. The molecule has 0 aliphatic rings. The van der Waals surface area contributed by atoms with Gasteiger partial charge in [0.2, 0.25) is 5.91 Å². The van der Waals surface area contributed by atoms with Gasteiger partial charge in [0, 0.05) is 35.1 Å². The number of aryl methyl sites for hydroxylation is 2. The van der Waals surface area contributed by atoms with Gasteiger partial charge in [0.25, 0.3) is 0 Å². The van der Waals surface area contributed by atoms with E-state index < -0.39 is 11.6 Å². The van der Waals surface area contributed by atoms with Crippen molar-refractivity contribution in [3.8, 4) is 11.3 Å². The quantitative estimate of drug-likeness (QED) is 0.491. The zero-order valence-electron chi connectivity index (χ0n) is 15.1. The van der Waals surface area contributed by atoms with Gasteiger partial charge in [-0.3, -0.25) is 4.79 Å². The molecule has 0 aliphatic heterocycles. The van der Waals surface area contributed by atoms with E-state index in [-0.39, 0.29) is 5.91 Å². The summed E-state index contributed by atoms with van der Waals surface area (Å²) in [5.41, 5.74) is 2.10. The molecule has 0 bridgehead atoms. The SMILES string of the molecule is Cc1sc(NC(=O)CCn2ccc3ccccc32)nc1-c1ccc(F)c(F)c1. The minimum atomic E-state index is -0.922. The zero-order chi connectivity index (χ0) is 19.7. The third kappa shape index (κ3) is 3.66. The molecule has 0 saturated carbocycles. The summed E-state index contributed by atoms with van der Waals surface area (Å²) in [7, 11) is 0. The normalized spacial score (nSPS) is 11.1. The molecule has 0 unspecified atom stereocenters. The van der Waals surface area contributed by atoms with Crippen molar-refractivity contribution in [2.45, 2.75) is 19.9 Å². The number of anilines is 1. The Balaban J connectivity index is 1.44. The van der Waals surface area contributed by atoms with Crippen LogP contribution < -0.4 is 5.32 Å². The lowest BCUT2D eigenvalue weighted by molar-refractivity contribution is -0.116. The van der Waals surface area contributed by atoms with Gasteiger partial charge in [0.1, 0.15) is 0 Å². The third-order valence-corrected chi connectivity index (χ3v) is 5.38. The number of amides is 1. The van der Waals surface area contributed by atoms with Gasteiger partial charge in [-0.1, -0.05) is 18.2 Å². The van der Waals surface area contributed by atoms with Crippen LogP contribution in [0.5, 0.6) is 0 Å². The van der Waals surface area contributed by atoms with Gasteiger partial charge in [-0.25, -0.2) is 13.8 Å². The Morgan fingerprint density at radius 2 is 1.96 bits per heavy atom. The number of carbonyl (C=O) groups excluding carboxylic acids is 1. The fourth-order valence-electron chi connectivity index (χ4n) is 3.10. The summed E-state index contributed by atoms with van der Waals surface area (Å²) < 4.78 is 28.7. The maximum absolute atomic E-state index is 13.5. The van der Waals surface area contributed by atoms with E-state index in [0.717, 1.165) is 27.9 Å². The number of carbonyl (C=O) groups is 1. The van der Waals surface area contributed by atoms with Crippen molar-refractivity contribution in [1.29, 1.82) is 0 Å². The molecule has 1 amide bonds. The molecular weight excluding hydrogens is 380 g/mol. The largest absolute Gasteiger partial charge is 0.347 e. The van der Waals surface area contributed by atoms with E-state index in [1.807, 2.05) is 48.0 Å². The van der Waals surface area contributed by atoms with Gasteiger partial charge < -0.3 is 9.88 Å². The van der Waals surface area contributed by atoms with Crippen molar-refractivity contribution in [3.63, 3.8) is 0 Å². The molecule has 0 fully saturated rings. The standard InChI is InChI=1S/C21H17F2N3OS/c1-13-20(15-6-7-16(22)17(23)12-15)25-21(28-13)24-19(27)9-11-26-10-8-14-4-2-3-5-18(14)26/h2-8,10,12H,9,11H2,1H3,(H,24,25,27). The van der Waals surface area contributed by atoms with Crippen molar-refractivity contribution in [2.24, 2.45) is 0 Å². The molecule has 0 radical (unpaired) electrons. The Kier molecular flexibility index (Phi) is 4.92. The lowest BCUT2D eigenvalue weighted by Gasteiger charge is -2.05. The maximum Gasteiger partial charge on any atom is 0.227 e. The molecule has 0 saturated heterocycles. The summed E-state index contributed by atoms with van der Waals surface area (Å²) in [6.07, 6.45) is 2.27. The van der Waals surface area contributed by atoms with Crippen LogP contribution in [0, 0.1) is 18.6 Å². The summed E-state index contributed by atoms with van der Waals surface area (Å²) in [4.78, 5) is 17.5. The number of para-hydroxylation sites is 1. The van der Waals surface area contributed by atoms with Crippen molar-refractivity contribution in [1.82, 2.24) is 9.55 Å². The number of benzene rings is 2. The number of aromatic nitrogens is 2. The highest BCUT2D eigenvalue weighted by Gasteiger charge is 2.14. The van der Waals surface area contributed by atoms with Crippen molar-refractivity contribution in [2.75, 3.05) is 5.32 Å². The smallest absolute Gasteiger partial charge is 0.227 e. The summed E-state index contributed by atoms with van der Waals surface area (Å²) >= 11 is 1.31. The van der Waals surface area contributed by atoms with E-state index in [2.05, 4.69) is 10.3 Å². The van der Waals surface area contributed by atoms with E-state index in [1.54, 1.807) is 0 Å². The number of thiazole rings is 1. The Morgan fingerprint density at radius 1 is 1.14 bits per heavy atom. The second kappa shape index (κ2) is 7.52. The Bertz CT molecular complexity index is 1170. The van der Waals surface area contributed by atoms with Crippen LogP contribution in [-0.4, -0.2) is 15.5 Å². The summed E-state index contributed by atoms with van der Waals surface area (Å²) in [6, 6.07) is 13.7. The maximum atomic E-state index is 13.5. The Morgan fingerprint density at radius 3 is 2.79 bits per heavy atom. The highest BCUT2D eigenvalue weighted by molar-refractivity contribution is 7.16. The fraction of sp³-hybridized carbons (Fsp3) is 0.143. The molecule has 4 rings (SSSR count). The van der Waals surface area contributed by atoms with Crippen LogP contribution in [0.1, 0.15) is 11.3 Å². The second-order valence-corrected chi connectivity index (χ2v) is 7.62. The summed E-state index contributed by atoms with van der Waals surface area (Å²) in [5.74, 6) is -1.97. The average molecular weight is 397 g/mol. The zero-order valence-corrected chi connectivity index (χ0v) is 15.9. The van der Waals surface area contributed by atoms with Gasteiger partial charge in [-0.2, -0.15) is 0 Å². The molecule has 0 aliphatic carbocycles. The van der Waals surface area contributed by atoms with Crippen molar-refractivity contribution < 1.29 is 13.6 Å². The summed E-state index contributed by atoms with van der Waals surface area (Å²) in [5, 5.41) is 4.37. The summed E-state index contributed by atoms with van der Waals surface area (Å²) in [6.45, 7) is 2.38. The first-order valence-corrected chi connectivity index (χ1v) is 9.59. The number of hydrogen-bond donors (Lipinski definition) is 1. The first kappa shape index (κ1) is 18.3. The lowest BCUT2D eigenvalue weighted by atomic mass is 10.1. The first-order valence-electron chi connectivity index (χ1n) is 8.78. The molecule has 2 aromatic carbocycles. The van der Waals surface area contributed by atoms with E-state index in [1.165, 1.54) is 17.4 Å². The average Bonchev–Trinajstić information content (AvgIpc) is 3.25. The van der Waals surface area contributed by atoms with E-state index >= 15 is 0 Å². The van der Waals surface area contributed by atoms with Gasteiger partial charge in [0.15, 0.2) is 16.8 Å². The number of fused-ring (bicyclic) bond motifs is 1. The van der Waals surface area contributed by atoms with Gasteiger partial charge in [-0.15, -0.1) is 11.3 Å². The van der Waals surface area contributed by atoms with Crippen LogP contribution in [0.3, 0.4) is 0 Å². The molecule has 28 heavy (non-hydrogen) atoms. The lowest BCUT2D eigenvalue weighted by Crippen LogP contribution is -2.14. The van der Waals surface area contributed by atoms with Crippen LogP contribution >= 0.6 is 11.3 Å². The van der Waals surface area contributed by atoms with E-state index in [0.29, 0.717) is 29.4 Å². The van der Waals surface area contributed by atoms with Gasteiger partial charge >= 0.3 is 0 Å². The number of rotatable bonds is 5. The number of hydrogen-bond acceptors (Lipinski definition) is 3. The number of nitrogens with one attached hydrogen (secondary N) is 1. The van der Waals surface area contributed by atoms with E-state index in [9.17, 15) is 13.6 Å². The molecule has 2 heterocycles. The molecule has 1 N–H and O–H groups in total. The van der Waals surface area contributed by atoms with Crippen molar-refractivity contribution in [3.05, 3.63) is 71.2 Å². The first-order chi connectivity index (χ1) is 13.5. The monoisotopic (exact) mass is 397 g/mol. The second-order valence-electron chi connectivity index (χ2n) is 6.42. The molecule has 4 nitrogen and oxygen atoms in total. The van der Waals surface area contributed by atoms with Gasteiger partial charge in [-0.05, 0) is 42.6 Å². The number of nitrogens with zero attached hydrogens (tertiary/aromatic N) is 2. The van der Waals surface area contributed by atoms with Crippen LogP contribution in [-0.2, 0) is 11.3 Å². The van der Waals surface area contributed by atoms with Gasteiger partial charge in [0.05, 0.1) is 5.69 Å². The predicted molar refractivity (Wildman–Crippen MR) is 107 cm³/mol. The molecule has 4 aromatic rings. The molecule has 0 atom stereocenters. The van der Waals surface area contributed by atoms with Crippen LogP contribution in [0.2, 0.25) is 0 Å². The minimum absolute atomic E-state index is 0.150. The molecular formula is C21H17F2N3OS. The van der Waals surface area contributed by atoms with Crippen LogP contribution in [0.4, 0.5) is 13.9 Å². The Labute approximate surface area is 164 Å². The highest BCUT2D eigenvalue weighted by Crippen LogP contribution is 2.31. The van der Waals surface area contributed by atoms with Crippen LogP contribution in [0.15, 0.2) is 54.7 Å². The van der Waals surface area contributed by atoms with E-state index in [4.69, 9.17) is 0 Å². The number of halogens is 2. The fourth-order valence-corrected chi connectivity index (χ4v) is 3.95. The van der Waals surface area contributed by atoms with Crippen LogP contribution in [0.25, 0.3) is 22.2 Å². The topological polar surface area (TPSA) is 46.9 Å². The highest BCUT2D eigenvalue weighted by atomic mass is 32.1. The predicted octanol–water partition coefficient (Wildman–Crippen LogP) is 5.38. The molecule has 142 valence electrons. The molecule has 7 heteroatoms. The molecule has 2 aromatic heterocycles.